The van der Waals surface area contributed by atoms with E-state index in [0.717, 1.165) is 50.3 Å². The Balaban J connectivity index is 1.73. The van der Waals surface area contributed by atoms with Crippen LogP contribution in [-0.2, 0) is 6.54 Å². The topological polar surface area (TPSA) is 43.1 Å². The van der Waals surface area contributed by atoms with Crippen LogP contribution in [0, 0.1) is 12.8 Å². The van der Waals surface area contributed by atoms with Crippen molar-refractivity contribution in [2.75, 3.05) is 20.8 Å². The highest BCUT2D eigenvalue weighted by Crippen LogP contribution is 2.46. The molecule has 2 aromatic carbocycles. The molecule has 4 rings (SSSR count). The molecule has 0 radical (unpaired) electrons. The van der Waals surface area contributed by atoms with E-state index in [0.29, 0.717) is 0 Å². The monoisotopic (exact) mass is 396 g/mol. The number of hydrogen-bond donors (Lipinski definition) is 2. The number of quaternary nitrogens is 1. The zero-order valence-corrected chi connectivity index (χ0v) is 17.9. The van der Waals surface area contributed by atoms with E-state index < -0.39 is 5.60 Å². The molecule has 2 aromatic rings. The first-order valence-corrected chi connectivity index (χ1v) is 10.9. The van der Waals surface area contributed by atoms with E-state index in [1.54, 1.807) is 14.2 Å². The molecule has 2 N–H and O–H groups in total. The van der Waals surface area contributed by atoms with Crippen LogP contribution in [0.25, 0.3) is 0 Å². The Labute approximate surface area is 174 Å². The lowest BCUT2D eigenvalue weighted by Gasteiger charge is -2.50. The summed E-state index contributed by atoms with van der Waals surface area (Å²) in [6, 6.07) is 15.2. The lowest BCUT2D eigenvalue weighted by molar-refractivity contribution is -0.958. The standard InChI is InChI=1S/C25H33NO3/c1-18-7-9-19(10-8-18)17-26-15-14-25(27)13-5-4-6-22(25)24(26)21-12-11-20(28-2)16-23(21)29-3/h7-12,16,22,24,27H,4-6,13-15,17H2,1-3H3/p+1/t22-,24-,25-/m1/s1. The van der Waals surface area contributed by atoms with E-state index >= 15 is 0 Å². The van der Waals surface area contributed by atoms with Crippen molar-refractivity contribution < 1.29 is 19.5 Å². The number of benzene rings is 2. The van der Waals surface area contributed by atoms with Gasteiger partial charge in [0.25, 0.3) is 0 Å². The molecule has 1 aliphatic carbocycles. The van der Waals surface area contributed by atoms with Crippen molar-refractivity contribution in [2.45, 2.75) is 57.2 Å². The molecule has 0 amide bonds. The van der Waals surface area contributed by atoms with Crippen LogP contribution < -0.4 is 14.4 Å². The smallest absolute Gasteiger partial charge is 0.131 e. The van der Waals surface area contributed by atoms with E-state index in [9.17, 15) is 5.11 Å². The van der Waals surface area contributed by atoms with Gasteiger partial charge in [-0.2, -0.15) is 0 Å². The zero-order chi connectivity index (χ0) is 20.4. The molecule has 1 unspecified atom stereocenters. The third kappa shape index (κ3) is 4.01. The van der Waals surface area contributed by atoms with Crippen molar-refractivity contribution in [1.29, 1.82) is 0 Å². The Hall–Kier alpha value is -2.04. The summed E-state index contributed by atoms with van der Waals surface area (Å²) in [5, 5.41) is 11.5. The molecule has 156 valence electrons. The number of hydrogen-bond acceptors (Lipinski definition) is 3. The number of fused-ring (bicyclic) bond motifs is 1. The molecule has 4 heteroatoms. The second-order valence-electron chi connectivity index (χ2n) is 8.86. The highest BCUT2D eigenvalue weighted by atomic mass is 16.5. The summed E-state index contributed by atoms with van der Waals surface area (Å²) in [7, 11) is 3.41. The van der Waals surface area contributed by atoms with Crippen LogP contribution in [0.2, 0.25) is 0 Å². The maximum Gasteiger partial charge on any atom is 0.131 e. The zero-order valence-electron chi connectivity index (χ0n) is 17.9. The summed E-state index contributed by atoms with van der Waals surface area (Å²) in [6.07, 6.45) is 5.21. The van der Waals surface area contributed by atoms with Crippen molar-refractivity contribution in [3.63, 3.8) is 0 Å². The fraction of sp³-hybridized carbons (Fsp3) is 0.520. The lowest BCUT2D eigenvalue weighted by atomic mass is 9.66. The van der Waals surface area contributed by atoms with Gasteiger partial charge in [0.1, 0.15) is 24.1 Å². The Morgan fingerprint density at radius 2 is 1.83 bits per heavy atom. The summed E-state index contributed by atoms with van der Waals surface area (Å²) in [6.45, 7) is 4.07. The summed E-state index contributed by atoms with van der Waals surface area (Å²) in [5.41, 5.74) is 3.28. The third-order valence-electron chi connectivity index (χ3n) is 7.11. The molecule has 4 nitrogen and oxygen atoms in total. The van der Waals surface area contributed by atoms with Gasteiger partial charge in [-0.1, -0.05) is 42.7 Å². The molecular weight excluding hydrogens is 362 g/mol. The first-order chi connectivity index (χ1) is 14.0. The summed E-state index contributed by atoms with van der Waals surface area (Å²) in [5.74, 6) is 1.93. The van der Waals surface area contributed by atoms with Gasteiger partial charge in [-0.15, -0.1) is 0 Å². The average molecular weight is 397 g/mol. The van der Waals surface area contributed by atoms with Crippen LogP contribution in [0.3, 0.4) is 0 Å². The van der Waals surface area contributed by atoms with Crippen molar-refractivity contribution in [1.82, 2.24) is 0 Å². The molecule has 2 aliphatic rings. The van der Waals surface area contributed by atoms with Gasteiger partial charge in [0.05, 0.1) is 31.9 Å². The molecule has 0 spiro atoms. The molecule has 1 saturated heterocycles. The van der Waals surface area contributed by atoms with Gasteiger partial charge in [0.2, 0.25) is 0 Å². The number of nitrogens with one attached hydrogen (secondary N) is 1. The number of aryl methyl sites for hydroxylation is 1. The number of rotatable bonds is 5. The SMILES string of the molecule is COc1ccc([C@@H]2[C@H]3CCCC[C@@]3(O)CC[NH+]2Cc2ccc(C)cc2)c(OC)c1. The fourth-order valence-corrected chi connectivity index (χ4v) is 5.53. The molecular formula is C25H34NO3+. The van der Waals surface area contributed by atoms with Crippen LogP contribution in [0.4, 0.5) is 0 Å². The highest BCUT2D eigenvalue weighted by molar-refractivity contribution is 5.42. The Morgan fingerprint density at radius 3 is 2.55 bits per heavy atom. The minimum Gasteiger partial charge on any atom is -0.497 e. The van der Waals surface area contributed by atoms with Crippen LogP contribution >= 0.6 is 0 Å². The molecule has 4 atom stereocenters. The Bertz CT molecular complexity index is 834. The molecule has 1 saturated carbocycles. The highest BCUT2D eigenvalue weighted by Gasteiger charge is 2.52. The molecule has 0 bridgehead atoms. The van der Waals surface area contributed by atoms with E-state index in [1.165, 1.54) is 28.0 Å². The van der Waals surface area contributed by atoms with Crippen LogP contribution in [0.1, 0.15) is 54.8 Å². The van der Waals surface area contributed by atoms with Gasteiger partial charge in [0.15, 0.2) is 0 Å². The summed E-state index contributed by atoms with van der Waals surface area (Å²) in [4.78, 5) is 1.52. The van der Waals surface area contributed by atoms with Crippen molar-refractivity contribution >= 4 is 0 Å². The van der Waals surface area contributed by atoms with Gasteiger partial charge in [-0.3, -0.25) is 0 Å². The quantitative estimate of drug-likeness (QED) is 0.813. The Kier molecular flexibility index (Phi) is 5.84. The van der Waals surface area contributed by atoms with Crippen molar-refractivity contribution in [3.8, 4) is 11.5 Å². The summed E-state index contributed by atoms with van der Waals surface area (Å²) < 4.78 is 11.2. The summed E-state index contributed by atoms with van der Waals surface area (Å²) >= 11 is 0. The van der Waals surface area contributed by atoms with E-state index in [1.807, 2.05) is 12.1 Å². The number of likely N-dealkylation sites (tertiary alicyclic amines) is 1. The third-order valence-corrected chi connectivity index (χ3v) is 7.11. The Morgan fingerprint density at radius 1 is 1.03 bits per heavy atom. The van der Waals surface area contributed by atoms with Gasteiger partial charge >= 0.3 is 0 Å². The van der Waals surface area contributed by atoms with Crippen LogP contribution in [-0.4, -0.2) is 31.5 Å². The van der Waals surface area contributed by atoms with Crippen molar-refractivity contribution in [3.05, 3.63) is 59.2 Å². The molecule has 1 aliphatic heterocycles. The maximum atomic E-state index is 11.5. The average Bonchev–Trinajstić information content (AvgIpc) is 2.75. The maximum absolute atomic E-state index is 11.5. The predicted octanol–water partition coefficient (Wildman–Crippen LogP) is 3.46. The number of methoxy groups -OCH3 is 2. The first kappa shape index (κ1) is 20.2. The van der Waals surface area contributed by atoms with Crippen LogP contribution in [0.5, 0.6) is 11.5 Å². The molecule has 0 aromatic heterocycles. The van der Waals surface area contributed by atoms with Crippen molar-refractivity contribution in [2.24, 2.45) is 5.92 Å². The number of aliphatic hydroxyl groups is 1. The van der Waals surface area contributed by atoms with E-state index in [4.69, 9.17) is 9.47 Å². The van der Waals surface area contributed by atoms with Crippen LogP contribution in [0.15, 0.2) is 42.5 Å². The predicted molar refractivity (Wildman–Crippen MR) is 115 cm³/mol. The molecule has 1 heterocycles. The van der Waals surface area contributed by atoms with E-state index in [-0.39, 0.29) is 12.0 Å². The first-order valence-electron chi connectivity index (χ1n) is 10.9. The number of piperidine rings is 1. The normalized spacial score (nSPS) is 29.2. The van der Waals surface area contributed by atoms with Gasteiger partial charge in [-0.25, -0.2) is 0 Å². The second-order valence-corrected chi connectivity index (χ2v) is 8.86. The molecule has 29 heavy (non-hydrogen) atoms. The van der Waals surface area contributed by atoms with Gasteiger partial charge < -0.3 is 19.5 Å². The van der Waals surface area contributed by atoms with Gasteiger partial charge in [-0.05, 0) is 31.9 Å². The minimum atomic E-state index is -0.551. The largest absolute Gasteiger partial charge is 0.497 e. The minimum absolute atomic E-state index is 0.219. The second kappa shape index (κ2) is 8.37. The fourth-order valence-electron chi connectivity index (χ4n) is 5.53. The van der Waals surface area contributed by atoms with E-state index in [2.05, 4.69) is 37.3 Å². The molecule has 2 fully saturated rings. The number of ether oxygens (including phenoxy) is 2. The van der Waals surface area contributed by atoms with Gasteiger partial charge in [0, 0.05) is 24.0 Å². The lowest BCUT2D eigenvalue weighted by Crippen LogP contribution is -3.13.